The lowest BCUT2D eigenvalue weighted by Gasteiger charge is -2.05. The summed E-state index contributed by atoms with van der Waals surface area (Å²) >= 11 is 0. The van der Waals surface area contributed by atoms with E-state index >= 15 is 0 Å². The molecule has 3 rings (SSSR count). The number of aryl methyl sites for hydroxylation is 1. The van der Waals surface area contributed by atoms with Crippen LogP contribution in [0, 0.1) is 6.92 Å². The van der Waals surface area contributed by atoms with E-state index in [1.165, 1.54) is 0 Å². The van der Waals surface area contributed by atoms with Crippen molar-refractivity contribution in [2.45, 2.75) is 6.92 Å². The van der Waals surface area contributed by atoms with Gasteiger partial charge < -0.3 is 11.5 Å². The van der Waals surface area contributed by atoms with Gasteiger partial charge in [-0.25, -0.2) is 0 Å². The van der Waals surface area contributed by atoms with Gasteiger partial charge in [0.15, 0.2) is 0 Å². The Kier molecular flexibility index (Phi) is 3.28. The molecule has 0 aliphatic heterocycles. The Labute approximate surface area is 123 Å². The molecule has 0 atom stereocenters. The Morgan fingerprint density at radius 2 is 1.48 bits per heavy atom. The normalized spacial score (nSPS) is 11.3. The lowest BCUT2D eigenvalue weighted by Crippen LogP contribution is -1.93. The van der Waals surface area contributed by atoms with Crippen LogP contribution in [0.3, 0.4) is 0 Å². The van der Waals surface area contributed by atoms with E-state index in [0.717, 1.165) is 22.0 Å². The monoisotopic (exact) mass is 276 g/mol. The Balaban J connectivity index is 2.04. The zero-order chi connectivity index (χ0) is 14.8. The summed E-state index contributed by atoms with van der Waals surface area (Å²) in [5, 5.41) is 10.8. The molecule has 0 spiro atoms. The van der Waals surface area contributed by atoms with Crippen molar-refractivity contribution in [1.82, 2.24) is 0 Å². The maximum absolute atomic E-state index is 5.93. The van der Waals surface area contributed by atoms with Gasteiger partial charge in [-0.2, -0.15) is 0 Å². The summed E-state index contributed by atoms with van der Waals surface area (Å²) in [7, 11) is 0. The fourth-order valence-electron chi connectivity index (χ4n) is 2.22. The number of hydrogen-bond acceptors (Lipinski definition) is 4. The molecule has 0 fully saturated rings. The van der Waals surface area contributed by atoms with Crippen molar-refractivity contribution >= 4 is 33.5 Å². The highest BCUT2D eigenvalue weighted by Gasteiger charge is 2.03. The van der Waals surface area contributed by atoms with Crippen LogP contribution < -0.4 is 11.5 Å². The topological polar surface area (TPSA) is 76.8 Å². The first-order chi connectivity index (χ1) is 10.1. The number of benzene rings is 3. The van der Waals surface area contributed by atoms with Crippen LogP contribution in [0.4, 0.5) is 22.7 Å². The van der Waals surface area contributed by atoms with Gasteiger partial charge in [-0.15, -0.1) is 10.2 Å². The molecule has 0 saturated heterocycles. The summed E-state index contributed by atoms with van der Waals surface area (Å²) < 4.78 is 0. The SMILES string of the molecule is Cc1cc(N=Nc2cccc3ccccc23)c(N)cc1N. The standard InChI is InChI=1S/C17H16N4/c1-11-9-17(15(19)10-14(11)18)21-20-16-8-4-6-12-5-2-3-7-13(12)16/h2-10H,18-19H2,1H3. The van der Waals surface area contributed by atoms with Crippen LogP contribution in [0.15, 0.2) is 64.8 Å². The van der Waals surface area contributed by atoms with Crippen molar-refractivity contribution in [3.63, 3.8) is 0 Å². The molecule has 0 saturated carbocycles. The van der Waals surface area contributed by atoms with E-state index in [-0.39, 0.29) is 0 Å². The zero-order valence-electron chi connectivity index (χ0n) is 11.7. The fraction of sp³-hybridized carbons (Fsp3) is 0.0588. The molecule has 0 aliphatic carbocycles. The highest BCUT2D eigenvalue weighted by molar-refractivity contribution is 5.92. The molecule has 4 nitrogen and oxygen atoms in total. The second-order valence-electron chi connectivity index (χ2n) is 4.97. The lowest BCUT2D eigenvalue weighted by molar-refractivity contribution is 1.24. The highest BCUT2D eigenvalue weighted by atomic mass is 15.1. The van der Waals surface area contributed by atoms with E-state index in [9.17, 15) is 0 Å². The van der Waals surface area contributed by atoms with Crippen LogP contribution in [-0.4, -0.2) is 0 Å². The minimum atomic E-state index is 0.530. The van der Waals surface area contributed by atoms with Gasteiger partial charge in [-0.05, 0) is 36.1 Å². The molecule has 0 aliphatic rings. The van der Waals surface area contributed by atoms with Crippen molar-refractivity contribution in [2.75, 3.05) is 11.5 Å². The van der Waals surface area contributed by atoms with Gasteiger partial charge >= 0.3 is 0 Å². The fourth-order valence-corrected chi connectivity index (χ4v) is 2.22. The van der Waals surface area contributed by atoms with E-state index in [2.05, 4.69) is 22.4 Å². The van der Waals surface area contributed by atoms with Gasteiger partial charge in [-0.1, -0.05) is 36.4 Å². The Morgan fingerprint density at radius 1 is 0.762 bits per heavy atom. The van der Waals surface area contributed by atoms with Crippen LogP contribution >= 0.6 is 0 Å². The molecule has 4 heteroatoms. The predicted octanol–water partition coefficient (Wildman–Crippen LogP) is 4.73. The first-order valence-corrected chi connectivity index (χ1v) is 6.70. The number of azo groups is 1. The first kappa shape index (κ1) is 13.1. The van der Waals surface area contributed by atoms with E-state index in [1.807, 2.05) is 43.3 Å². The van der Waals surface area contributed by atoms with E-state index in [4.69, 9.17) is 11.5 Å². The maximum Gasteiger partial charge on any atom is 0.109 e. The third-order valence-electron chi connectivity index (χ3n) is 3.45. The predicted molar refractivity (Wildman–Crippen MR) is 88.1 cm³/mol. The van der Waals surface area contributed by atoms with E-state index in [1.54, 1.807) is 6.07 Å². The maximum atomic E-state index is 5.93. The van der Waals surface area contributed by atoms with Crippen LogP contribution in [0.2, 0.25) is 0 Å². The second-order valence-corrected chi connectivity index (χ2v) is 4.97. The number of rotatable bonds is 2. The molecule has 104 valence electrons. The molecule has 0 heterocycles. The molecule has 0 unspecified atom stereocenters. The molecular weight excluding hydrogens is 260 g/mol. The Morgan fingerprint density at radius 3 is 2.33 bits per heavy atom. The van der Waals surface area contributed by atoms with Gasteiger partial charge in [0.2, 0.25) is 0 Å². The molecular formula is C17H16N4. The van der Waals surface area contributed by atoms with Crippen molar-refractivity contribution in [3.8, 4) is 0 Å². The van der Waals surface area contributed by atoms with Gasteiger partial charge in [0.05, 0.1) is 11.4 Å². The second kappa shape index (κ2) is 5.25. The first-order valence-electron chi connectivity index (χ1n) is 6.70. The summed E-state index contributed by atoms with van der Waals surface area (Å²) in [4.78, 5) is 0. The summed E-state index contributed by atoms with van der Waals surface area (Å²) in [5.74, 6) is 0. The zero-order valence-corrected chi connectivity index (χ0v) is 11.7. The lowest BCUT2D eigenvalue weighted by atomic mass is 10.1. The average Bonchev–Trinajstić information content (AvgIpc) is 2.49. The summed E-state index contributed by atoms with van der Waals surface area (Å²) in [6.07, 6.45) is 0. The van der Waals surface area contributed by atoms with Crippen LogP contribution in [0.1, 0.15) is 5.56 Å². The van der Waals surface area contributed by atoms with Gasteiger partial charge in [0.1, 0.15) is 5.69 Å². The number of nitrogen functional groups attached to an aromatic ring is 2. The molecule has 0 bridgehead atoms. The van der Waals surface area contributed by atoms with Crippen molar-refractivity contribution in [3.05, 3.63) is 60.2 Å². The number of anilines is 2. The van der Waals surface area contributed by atoms with E-state index in [0.29, 0.717) is 17.1 Å². The molecule has 3 aromatic rings. The van der Waals surface area contributed by atoms with E-state index < -0.39 is 0 Å². The number of nitrogens with zero attached hydrogens (tertiary/aromatic N) is 2. The molecule has 3 aromatic carbocycles. The quantitative estimate of drug-likeness (QED) is 0.524. The molecule has 0 amide bonds. The summed E-state index contributed by atoms with van der Waals surface area (Å²) in [5.41, 5.74) is 15.3. The molecule has 21 heavy (non-hydrogen) atoms. The van der Waals surface area contributed by atoms with Crippen molar-refractivity contribution < 1.29 is 0 Å². The van der Waals surface area contributed by atoms with Gasteiger partial charge in [0.25, 0.3) is 0 Å². The van der Waals surface area contributed by atoms with Crippen molar-refractivity contribution in [1.29, 1.82) is 0 Å². The van der Waals surface area contributed by atoms with Gasteiger partial charge in [0, 0.05) is 11.1 Å². The minimum absolute atomic E-state index is 0.530. The third-order valence-corrected chi connectivity index (χ3v) is 3.45. The van der Waals surface area contributed by atoms with Crippen LogP contribution in [-0.2, 0) is 0 Å². The smallest absolute Gasteiger partial charge is 0.109 e. The van der Waals surface area contributed by atoms with Gasteiger partial charge in [-0.3, -0.25) is 0 Å². The number of hydrogen-bond donors (Lipinski definition) is 2. The summed E-state index contributed by atoms with van der Waals surface area (Å²) in [6, 6.07) is 17.6. The van der Waals surface area contributed by atoms with Crippen LogP contribution in [0.25, 0.3) is 10.8 Å². The number of fused-ring (bicyclic) bond motifs is 1. The third kappa shape index (κ3) is 2.56. The molecule has 0 radical (unpaired) electrons. The molecule has 4 N–H and O–H groups in total. The largest absolute Gasteiger partial charge is 0.398 e. The highest BCUT2D eigenvalue weighted by Crippen LogP contribution is 2.31. The average molecular weight is 276 g/mol. The number of nitrogens with two attached hydrogens (primary N) is 2. The Hall–Kier alpha value is -2.88. The van der Waals surface area contributed by atoms with Crippen molar-refractivity contribution in [2.24, 2.45) is 10.2 Å². The summed E-state index contributed by atoms with van der Waals surface area (Å²) in [6.45, 7) is 1.92. The Bertz CT molecular complexity index is 832. The minimum Gasteiger partial charge on any atom is -0.398 e. The molecule has 0 aromatic heterocycles. The van der Waals surface area contributed by atoms with Crippen LogP contribution in [0.5, 0.6) is 0 Å².